The van der Waals surface area contributed by atoms with Crippen LogP contribution in [0, 0.1) is 23.7 Å². The summed E-state index contributed by atoms with van der Waals surface area (Å²) in [5.74, 6) is 2.94. The third kappa shape index (κ3) is 2.33. The van der Waals surface area contributed by atoms with Crippen molar-refractivity contribution in [1.82, 2.24) is 0 Å². The lowest BCUT2D eigenvalue weighted by atomic mass is 9.70. The molecule has 3 saturated carbocycles. The highest BCUT2D eigenvalue weighted by molar-refractivity contribution is 4.98. The summed E-state index contributed by atoms with van der Waals surface area (Å²) in [6.07, 6.45) is 14.3. The highest BCUT2D eigenvalue weighted by atomic mass is 16.5. The zero-order valence-corrected chi connectivity index (χ0v) is 12.7. The van der Waals surface area contributed by atoms with Gasteiger partial charge in [0.1, 0.15) is 0 Å². The summed E-state index contributed by atoms with van der Waals surface area (Å²) in [6.45, 7) is 0.891. The molecule has 4 rings (SSSR count). The van der Waals surface area contributed by atoms with Crippen LogP contribution in [0.25, 0.3) is 0 Å². The molecule has 4 fully saturated rings. The van der Waals surface area contributed by atoms with Gasteiger partial charge in [0.05, 0.1) is 11.7 Å². The summed E-state index contributed by atoms with van der Waals surface area (Å²) in [6, 6.07) is 0. The molecule has 1 N–H and O–H groups in total. The van der Waals surface area contributed by atoms with Gasteiger partial charge in [0, 0.05) is 6.61 Å². The van der Waals surface area contributed by atoms with E-state index in [4.69, 9.17) is 4.74 Å². The Bertz CT molecular complexity index is 342. The highest BCUT2D eigenvalue weighted by Gasteiger charge is 2.47. The van der Waals surface area contributed by atoms with Gasteiger partial charge in [-0.25, -0.2) is 0 Å². The molecular weight excluding hydrogens is 248 g/mol. The van der Waals surface area contributed by atoms with Gasteiger partial charge in [-0.1, -0.05) is 25.7 Å². The van der Waals surface area contributed by atoms with Crippen molar-refractivity contribution in [3.63, 3.8) is 0 Å². The molecule has 0 amide bonds. The predicted molar refractivity (Wildman–Crippen MR) is 79.4 cm³/mol. The van der Waals surface area contributed by atoms with Crippen molar-refractivity contribution < 1.29 is 9.84 Å². The minimum atomic E-state index is -0.0343. The average Bonchev–Trinajstić information content (AvgIpc) is 3.10. The molecule has 2 heteroatoms. The van der Waals surface area contributed by atoms with E-state index in [0.29, 0.717) is 11.8 Å². The van der Waals surface area contributed by atoms with Crippen LogP contribution in [0.3, 0.4) is 0 Å². The third-order valence-electron chi connectivity index (χ3n) is 7.01. The van der Waals surface area contributed by atoms with Crippen molar-refractivity contribution >= 4 is 0 Å². The van der Waals surface area contributed by atoms with Crippen molar-refractivity contribution in [3.8, 4) is 0 Å². The van der Waals surface area contributed by atoms with Crippen molar-refractivity contribution in [2.45, 2.75) is 82.3 Å². The van der Waals surface area contributed by atoms with Gasteiger partial charge in [-0.05, 0) is 68.6 Å². The van der Waals surface area contributed by atoms with E-state index < -0.39 is 0 Å². The molecule has 0 aromatic carbocycles. The van der Waals surface area contributed by atoms with E-state index in [0.717, 1.165) is 31.3 Å². The van der Waals surface area contributed by atoms with Gasteiger partial charge in [0.15, 0.2) is 0 Å². The molecule has 5 unspecified atom stereocenters. The van der Waals surface area contributed by atoms with Gasteiger partial charge < -0.3 is 9.84 Å². The molecule has 3 aliphatic carbocycles. The first kappa shape index (κ1) is 13.6. The smallest absolute Gasteiger partial charge is 0.0686 e. The zero-order valence-electron chi connectivity index (χ0n) is 12.7. The number of rotatable bonds is 2. The summed E-state index contributed by atoms with van der Waals surface area (Å²) < 4.78 is 6.20. The molecule has 2 nitrogen and oxygen atoms in total. The van der Waals surface area contributed by atoms with Gasteiger partial charge in [-0.2, -0.15) is 0 Å². The minimum Gasteiger partial charge on any atom is -0.393 e. The van der Waals surface area contributed by atoms with Crippen LogP contribution < -0.4 is 0 Å². The molecule has 2 bridgehead atoms. The van der Waals surface area contributed by atoms with Crippen LogP contribution in [0.2, 0.25) is 0 Å². The van der Waals surface area contributed by atoms with E-state index in [1.54, 1.807) is 0 Å². The average molecular weight is 278 g/mol. The molecule has 1 spiro atoms. The van der Waals surface area contributed by atoms with E-state index in [1.165, 1.54) is 57.8 Å². The van der Waals surface area contributed by atoms with Crippen LogP contribution >= 0.6 is 0 Å². The Morgan fingerprint density at radius 1 is 1.00 bits per heavy atom. The maximum Gasteiger partial charge on any atom is 0.0686 e. The van der Waals surface area contributed by atoms with Crippen LogP contribution in [0.5, 0.6) is 0 Å². The number of ether oxygens (including phenoxy) is 1. The highest BCUT2D eigenvalue weighted by Crippen LogP contribution is 2.52. The van der Waals surface area contributed by atoms with Crippen molar-refractivity contribution in [2.75, 3.05) is 6.61 Å². The lowest BCUT2D eigenvalue weighted by molar-refractivity contribution is -0.141. The molecule has 114 valence electrons. The van der Waals surface area contributed by atoms with Crippen LogP contribution in [0.4, 0.5) is 0 Å². The molecule has 1 saturated heterocycles. The van der Waals surface area contributed by atoms with Crippen LogP contribution in [-0.2, 0) is 4.74 Å². The van der Waals surface area contributed by atoms with Gasteiger partial charge in [0.2, 0.25) is 0 Å². The molecule has 1 heterocycles. The van der Waals surface area contributed by atoms with E-state index in [9.17, 15) is 5.11 Å². The van der Waals surface area contributed by atoms with E-state index in [2.05, 4.69) is 0 Å². The molecule has 20 heavy (non-hydrogen) atoms. The number of aliphatic hydroxyl groups excluding tert-OH is 1. The normalized spacial score (nSPS) is 44.9. The maximum absolute atomic E-state index is 11.0. The van der Waals surface area contributed by atoms with Gasteiger partial charge in [-0.15, -0.1) is 0 Å². The fourth-order valence-corrected chi connectivity index (χ4v) is 5.96. The zero-order chi connectivity index (χ0) is 13.6. The lowest BCUT2D eigenvalue weighted by Crippen LogP contribution is -2.46. The van der Waals surface area contributed by atoms with Crippen LogP contribution in [-0.4, -0.2) is 23.4 Å². The van der Waals surface area contributed by atoms with Crippen LogP contribution in [0.15, 0.2) is 0 Å². The summed E-state index contributed by atoms with van der Waals surface area (Å²) in [5, 5.41) is 11.0. The Labute approximate surface area is 123 Å². The molecule has 5 atom stereocenters. The first-order chi connectivity index (χ1) is 9.76. The molecule has 0 aromatic heterocycles. The molecule has 1 aliphatic heterocycles. The Morgan fingerprint density at radius 2 is 1.85 bits per heavy atom. The van der Waals surface area contributed by atoms with Crippen molar-refractivity contribution in [1.29, 1.82) is 0 Å². The Morgan fingerprint density at radius 3 is 2.55 bits per heavy atom. The largest absolute Gasteiger partial charge is 0.393 e. The summed E-state index contributed by atoms with van der Waals surface area (Å²) >= 11 is 0. The number of fused-ring (bicyclic) bond motifs is 2. The number of hydrogen-bond donors (Lipinski definition) is 1. The fourth-order valence-electron chi connectivity index (χ4n) is 5.96. The predicted octanol–water partition coefficient (Wildman–Crippen LogP) is 3.91. The van der Waals surface area contributed by atoms with E-state index in [-0.39, 0.29) is 11.7 Å². The second-order valence-electron chi connectivity index (χ2n) is 8.17. The molecule has 0 aromatic rings. The Kier molecular flexibility index (Phi) is 3.58. The standard InChI is InChI=1S/C18H30O2/c19-17(16-11-13-4-5-14(16)10-13)15-6-9-20-18(12-15)7-2-1-3-8-18/h13-17,19H,1-12H2. The molecule has 4 aliphatic rings. The van der Waals surface area contributed by atoms with Crippen LogP contribution in [0.1, 0.15) is 70.6 Å². The second kappa shape index (κ2) is 5.28. The van der Waals surface area contributed by atoms with Gasteiger partial charge >= 0.3 is 0 Å². The SMILES string of the molecule is OC(C1CCOC2(CCCCC2)C1)C1CC2CCC1C2. The summed E-state index contributed by atoms with van der Waals surface area (Å²) in [7, 11) is 0. The quantitative estimate of drug-likeness (QED) is 0.829. The Hall–Kier alpha value is -0.0800. The Balaban J connectivity index is 1.42. The fraction of sp³-hybridized carbons (Fsp3) is 1.00. The molecule has 0 radical (unpaired) electrons. The first-order valence-corrected chi connectivity index (χ1v) is 9.08. The topological polar surface area (TPSA) is 29.5 Å². The number of aliphatic hydroxyl groups is 1. The van der Waals surface area contributed by atoms with E-state index >= 15 is 0 Å². The lowest BCUT2D eigenvalue weighted by Gasteiger charge is -2.46. The number of hydrogen-bond acceptors (Lipinski definition) is 2. The monoisotopic (exact) mass is 278 g/mol. The third-order valence-corrected chi connectivity index (χ3v) is 7.01. The van der Waals surface area contributed by atoms with Crippen molar-refractivity contribution in [2.24, 2.45) is 23.7 Å². The summed E-state index contributed by atoms with van der Waals surface area (Å²) in [4.78, 5) is 0. The second-order valence-corrected chi connectivity index (χ2v) is 8.17. The maximum atomic E-state index is 11.0. The van der Waals surface area contributed by atoms with Gasteiger partial charge in [-0.3, -0.25) is 0 Å². The molecular formula is C18H30O2. The minimum absolute atomic E-state index is 0.0343. The van der Waals surface area contributed by atoms with Gasteiger partial charge in [0.25, 0.3) is 0 Å². The van der Waals surface area contributed by atoms with Crippen molar-refractivity contribution in [3.05, 3.63) is 0 Å². The van der Waals surface area contributed by atoms with E-state index in [1.807, 2.05) is 0 Å². The first-order valence-electron chi connectivity index (χ1n) is 9.08. The summed E-state index contributed by atoms with van der Waals surface area (Å²) in [5.41, 5.74) is 0.153.